The Kier molecular flexibility index (Phi) is 5.52. The summed E-state index contributed by atoms with van der Waals surface area (Å²) in [5, 5.41) is 10.6. The highest BCUT2D eigenvalue weighted by molar-refractivity contribution is 5.93. The summed E-state index contributed by atoms with van der Waals surface area (Å²) >= 11 is 0. The number of likely N-dealkylation sites (tertiary alicyclic amines) is 1. The summed E-state index contributed by atoms with van der Waals surface area (Å²) in [6.45, 7) is 3.21. The number of aromatic amines is 1. The third-order valence-corrected chi connectivity index (χ3v) is 3.61. The third kappa shape index (κ3) is 3.29. The minimum absolute atomic E-state index is 0. The third-order valence-electron chi connectivity index (χ3n) is 3.61. The van der Waals surface area contributed by atoms with Crippen LogP contribution >= 0.6 is 12.4 Å². The number of carbonyl (C=O) groups is 1. The molecule has 0 radical (unpaired) electrons. The van der Waals surface area contributed by atoms with Crippen LogP contribution in [0.2, 0.25) is 0 Å². The van der Waals surface area contributed by atoms with E-state index in [1.165, 1.54) is 12.1 Å². The normalized spacial score (nSPS) is 22.2. The molecule has 1 fully saturated rings. The number of nitro groups is 1. The van der Waals surface area contributed by atoms with Gasteiger partial charge in [0, 0.05) is 25.2 Å². The molecule has 1 aromatic heterocycles. The first kappa shape index (κ1) is 16.5. The van der Waals surface area contributed by atoms with Crippen molar-refractivity contribution in [2.24, 2.45) is 11.7 Å². The molecule has 7 nitrogen and oxygen atoms in total. The number of amides is 1. The van der Waals surface area contributed by atoms with Gasteiger partial charge in [-0.2, -0.15) is 0 Å². The van der Waals surface area contributed by atoms with Crippen LogP contribution in [0.25, 0.3) is 0 Å². The van der Waals surface area contributed by atoms with Crippen LogP contribution in [-0.4, -0.2) is 39.8 Å². The van der Waals surface area contributed by atoms with E-state index in [0.29, 0.717) is 19.0 Å². The maximum absolute atomic E-state index is 12.3. The summed E-state index contributed by atoms with van der Waals surface area (Å²) in [6.07, 6.45) is 1.82. The molecule has 0 spiro atoms. The molecule has 1 saturated heterocycles. The fourth-order valence-corrected chi connectivity index (χ4v) is 2.51. The number of carbonyl (C=O) groups excluding carboxylic acids is 1. The molecule has 2 unspecified atom stereocenters. The van der Waals surface area contributed by atoms with Crippen LogP contribution < -0.4 is 5.73 Å². The van der Waals surface area contributed by atoms with E-state index in [-0.39, 0.29) is 35.9 Å². The molecule has 20 heavy (non-hydrogen) atoms. The molecule has 8 heteroatoms. The second-order valence-corrected chi connectivity index (χ2v) is 5.03. The van der Waals surface area contributed by atoms with Gasteiger partial charge in [0.05, 0.1) is 0 Å². The molecule has 2 heterocycles. The highest BCUT2D eigenvalue weighted by Gasteiger charge is 2.31. The van der Waals surface area contributed by atoms with Crippen LogP contribution in [0.4, 0.5) is 5.82 Å². The van der Waals surface area contributed by atoms with Gasteiger partial charge in [0.1, 0.15) is 0 Å². The van der Waals surface area contributed by atoms with Crippen molar-refractivity contribution < 1.29 is 9.72 Å². The van der Waals surface area contributed by atoms with E-state index in [1.807, 2.05) is 0 Å². The van der Waals surface area contributed by atoms with Gasteiger partial charge in [-0.15, -0.1) is 12.4 Å². The maximum Gasteiger partial charge on any atom is 0.321 e. The number of nitrogens with two attached hydrogens (primary N) is 1. The monoisotopic (exact) mass is 302 g/mol. The van der Waals surface area contributed by atoms with Crippen LogP contribution in [0.15, 0.2) is 12.1 Å². The fraction of sp³-hybridized carbons (Fsp3) is 0.583. The summed E-state index contributed by atoms with van der Waals surface area (Å²) in [5.74, 6) is 0.170. The quantitative estimate of drug-likeness (QED) is 0.652. The molecular formula is C12H19ClN4O3. The summed E-state index contributed by atoms with van der Waals surface area (Å²) < 4.78 is 0. The molecule has 0 bridgehead atoms. The van der Waals surface area contributed by atoms with Gasteiger partial charge in [-0.1, -0.05) is 6.92 Å². The Morgan fingerprint density at radius 2 is 2.30 bits per heavy atom. The number of aromatic nitrogens is 1. The van der Waals surface area contributed by atoms with Crippen LogP contribution in [0.3, 0.4) is 0 Å². The Morgan fingerprint density at radius 3 is 2.85 bits per heavy atom. The van der Waals surface area contributed by atoms with Crippen molar-refractivity contribution in [1.82, 2.24) is 9.88 Å². The topological polar surface area (TPSA) is 105 Å². The summed E-state index contributed by atoms with van der Waals surface area (Å²) in [4.78, 5) is 26.6. The molecule has 0 saturated carbocycles. The number of hydrogen-bond acceptors (Lipinski definition) is 4. The van der Waals surface area contributed by atoms with Gasteiger partial charge < -0.3 is 20.7 Å². The first-order valence-electron chi connectivity index (χ1n) is 6.37. The minimum atomic E-state index is -0.546. The highest BCUT2D eigenvalue weighted by Crippen LogP contribution is 2.24. The molecule has 112 valence electrons. The second-order valence-electron chi connectivity index (χ2n) is 5.03. The zero-order chi connectivity index (χ0) is 14.0. The Morgan fingerprint density at radius 1 is 1.60 bits per heavy atom. The van der Waals surface area contributed by atoms with Crippen molar-refractivity contribution >= 4 is 24.1 Å². The van der Waals surface area contributed by atoms with Gasteiger partial charge >= 0.3 is 5.82 Å². The van der Waals surface area contributed by atoms with Crippen molar-refractivity contribution in [3.8, 4) is 0 Å². The minimum Gasteiger partial charge on any atom is -0.358 e. The number of halogens is 1. The average Bonchev–Trinajstić information content (AvgIpc) is 2.87. The van der Waals surface area contributed by atoms with Crippen LogP contribution in [-0.2, 0) is 0 Å². The Balaban J connectivity index is 0.00000200. The van der Waals surface area contributed by atoms with Crippen molar-refractivity contribution in [1.29, 1.82) is 0 Å². The van der Waals surface area contributed by atoms with E-state index in [1.54, 1.807) is 4.90 Å². The number of rotatable bonds is 3. The lowest BCUT2D eigenvalue weighted by molar-refractivity contribution is -0.389. The number of nitrogens with one attached hydrogen (secondary N) is 1. The van der Waals surface area contributed by atoms with Gasteiger partial charge in [-0.3, -0.25) is 4.79 Å². The maximum atomic E-state index is 12.3. The van der Waals surface area contributed by atoms with E-state index in [0.717, 1.165) is 12.8 Å². The first-order chi connectivity index (χ1) is 9.02. The lowest BCUT2D eigenvalue weighted by atomic mass is 9.92. The first-order valence-corrected chi connectivity index (χ1v) is 6.37. The van der Waals surface area contributed by atoms with Gasteiger partial charge in [0.15, 0.2) is 5.69 Å². The van der Waals surface area contributed by atoms with Crippen molar-refractivity contribution in [3.63, 3.8) is 0 Å². The van der Waals surface area contributed by atoms with E-state index in [9.17, 15) is 14.9 Å². The second kappa shape index (κ2) is 6.71. The number of nitrogens with zero attached hydrogens (tertiary/aromatic N) is 2. The van der Waals surface area contributed by atoms with E-state index < -0.39 is 4.92 Å². The van der Waals surface area contributed by atoms with Crippen molar-refractivity contribution in [2.45, 2.75) is 25.8 Å². The molecule has 1 amide bonds. The molecule has 1 aromatic rings. The van der Waals surface area contributed by atoms with Gasteiger partial charge in [0.2, 0.25) is 0 Å². The number of H-pyrrole nitrogens is 1. The van der Waals surface area contributed by atoms with E-state index in [2.05, 4.69) is 11.9 Å². The van der Waals surface area contributed by atoms with Gasteiger partial charge in [-0.05, 0) is 29.7 Å². The summed E-state index contributed by atoms with van der Waals surface area (Å²) in [7, 11) is 0. The standard InChI is InChI=1S/C12H18N4O3.ClH/c1-8-4-5-15(9(6-8)7-13)12(17)10-2-3-11(14-10)16(18)19;/h2-3,8-9,14H,4-7,13H2,1H3;1H. The number of piperidine rings is 1. The van der Waals surface area contributed by atoms with Crippen molar-refractivity contribution in [2.75, 3.05) is 13.1 Å². The lowest BCUT2D eigenvalue weighted by Gasteiger charge is -2.37. The van der Waals surface area contributed by atoms with Gasteiger partial charge in [-0.25, -0.2) is 4.98 Å². The predicted octanol–water partition coefficient (Wildman–Crippen LogP) is 1.54. The predicted molar refractivity (Wildman–Crippen MR) is 77.0 cm³/mol. The summed E-state index contributed by atoms with van der Waals surface area (Å²) in [6, 6.07) is 2.77. The smallest absolute Gasteiger partial charge is 0.321 e. The van der Waals surface area contributed by atoms with Crippen LogP contribution in [0.5, 0.6) is 0 Å². The molecule has 0 aromatic carbocycles. The Bertz CT molecular complexity index is 491. The largest absolute Gasteiger partial charge is 0.358 e. The Hall–Kier alpha value is -1.60. The van der Waals surface area contributed by atoms with E-state index >= 15 is 0 Å². The molecule has 2 rings (SSSR count). The Labute approximate surface area is 123 Å². The van der Waals surface area contributed by atoms with Crippen molar-refractivity contribution in [3.05, 3.63) is 27.9 Å². The van der Waals surface area contributed by atoms with Crippen LogP contribution in [0, 0.1) is 16.0 Å². The molecule has 1 aliphatic rings. The molecule has 1 aliphatic heterocycles. The average molecular weight is 303 g/mol. The zero-order valence-corrected chi connectivity index (χ0v) is 12.1. The zero-order valence-electron chi connectivity index (χ0n) is 11.2. The molecular weight excluding hydrogens is 284 g/mol. The summed E-state index contributed by atoms with van der Waals surface area (Å²) in [5.41, 5.74) is 5.96. The van der Waals surface area contributed by atoms with E-state index in [4.69, 9.17) is 5.73 Å². The van der Waals surface area contributed by atoms with Crippen LogP contribution in [0.1, 0.15) is 30.3 Å². The molecule has 0 aliphatic carbocycles. The number of hydrogen-bond donors (Lipinski definition) is 2. The molecule has 3 N–H and O–H groups in total. The fourth-order valence-electron chi connectivity index (χ4n) is 2.51. The lowest BCUT2D eigenvalue weighted by Crippen LogP contribution is -2.49. The SMILES string of the molecule is CC1CCN(C(=O)c2ccc([N+](=O)[O-])[nH]2)C(CN)C1.Cl. The highest BCUT2D eigenvalue weighted by atomic mass is 35.5. The van der Waals surface area contributed by atoms with Gasteiger partial charge in [0.25, 0.3) is 5.91 Å². The molecule has 2 atom stereocenters.